The van der Waals surface area contributed by atoms with Crippen LogP contribution in [-0.2, 0) is 16.0 Å². The van der Waals surface area contributed by atoms with Crippen LogP contribution in [-0.4, -0.2) is 59.4 Å². The van der Waals surface area contributed by atoms with Crippen molar-refractivity contribution in [1.29, 1.82) is 0 Å². The molecular weight excluding hydrogens is 318 g/mol. The largest absolute Gasteiger partial charge is 0.550 e. The lowest BCUT2D eigenvalue weighted by atomic mass is 10.1. The number of nitrogens with zero attached hydrogens (tertiary/aromatic N) is 2. The van der Waals surface area contributed by atoms with E-state index in [2.05, 4.69) is 48.1 Å². The molecule has 1 aliphatic heterocycles. The van der Waals surface area contributed by atoms with E-state index >= 15 is 0 Å². The molecule has 1 N–H and O–H groups in total. The molecule has 3 rings (SSSR count). The molecule has 6 heteroatoms. The topological polar surface area (TPSA) is 79.5 Å². The van der Waals surface area contributed by atoms with E-state index in [0.717, 1.165) is 39.5 Å². The Balaban J connectivity index is 0.000000511. The minimum Gasteiger partial charge on any atom is -0.550 e. The molecule has 6 nitrogen and oxygen atoms in total. The number of H-pyrrole nitrogens is 1. The Morgan fingerprint density at radius 1 is 1.32 bits per heavy atom. The number of aryl methyl sites for hydroxylation is 1. The van der Waals surface area contributed by atoms with Gasteiger partial charge in [-0.15, -0.1) is 0 Å². The third-order valence-electron chi connectivity index (χ3n) is 4.42. The molecule has 1 amide bonds. The monoisotopic (exact) mass is 344 g/mol. The Bertz CT molecular complexity index is 735. The van der Waals surface area contributed by atoms with Gasteiger partial charge in [-0.3, -0.25) is 9.69 Å². The van der Waals surface area contributed by atoms with Crippen molar-refractivity contribution in [2.24, 2.45) is 0 Å². The van der Waals surface area contributed by atoms with Crippen molar-refractivity contribution in [3.63, 3.8) is 0 Å². The van der Waals surface area contributed by atoms with Crippen molar-refractivity contribution in [2.75, 3.05) is 32.7 Å². The number of hydrogen-bond donors (Lipinski definition) is 1. The number of nitrogens with one attached hydrogen (secondary N) is 1. The normalized spacial score (nSPS) is 15.2. The van der Waals surface area contributed by atoms with Gasteiger partial charge in [0.2, 0.25) is 5.91 Å². The number of carbonyl (C=O) groups is 2. The van der Waals surface area contributed by atoms with E-state index in [1.807, 2.05) is 4.90 Å². The van der Waals surface area contributed by atoms with Gasteiger partial charge in [-0.05, 0) is 44.0 Å². The van der Waals surface area contributed by atoms with E-state index in [1.54, 1.807) is 0 Å². The number of fused-ring (bicyclic) bond motifs is 1. The first-order valence-electron chi connectivity index (χ1n) is 8.65. The molecule has 1 saturated heterocycles. The fourth-order valence-electron chi connectivity index (χ4n) is 3.03. The van der Waals surface area contributed by atoms with Crippen LogP contribution in [0.4, 0.5) is 0 Å². The van der Waals surface area contributed by atoms with Gasteiger partial charge in [0.1, 0.15) is 0 Å². The van der Waals surface area contributed by atoms with Crippen LogP contribution >= 0.6 is 0 Å². The standard InChI is InChI=1S/C17H23N3O.C2H4O2/c1-3-19-8-9-20(17(21)12-19)7-6-14-11-18-16-10-13(2)4-5-15(14)16;1-2(3)4/h4-5,10-11,18H,3,6-9,12H2,1-2H3;1H3,(H,3,4)/p-1. The van der Waals surface area contributed by atoms with Crippen molar-refractivity contribution in [3.8, 4) is 0 Å². The highest BCUT2D eigenvalue weighted by Crippen LogP contribution is 2.20. The van der Waals surface area contributed by atoms with E-state index < -0.39 is 5.97 Å². The lowest BCUT2D eigenvalue weighted by Crippen LogP contribution is -2.50. The molecule has 1 fully saturated rings. The van der Waals surface area contributed by atoms with Crippen LogP contribution in [0, 0.1) is 6.92 Å². The van der Waals surface area contributed by atoms with E-state index in [4.69, 9.17) is 9.90 Å². The molecule has 0 bridgehead atoms. The Labute approximate surface area is 148 Å². The summed E-state index contributed by atoms with van der Waals surface area (Å²) in [5.41, 5.74) is 3.75. The number of amides is 1. The summed E-state index contributed by atoms with van der Waals surface area (Å²) in [4.78, 5) is 28.5. The van der Waals surface area contributed by atoms with Gasteiger partial charge in [0.25, 0.3) is 0 Å². The third kappa shape index (κ3) is 5.32. The van der Waals surface area contributed by atoms with Gasteiger partial charge < -0.3 is 19.8 Å². The molecule has 1 aliphatic rings. The lowest BCUT2D eigenvalue weighted by molar-refractivity contribution is -0.302. The van der Waals surface area contributed by atoms with E-state index in [0.29, 0.717) is 6.54 Å². The molecule has 0 aliphatic carbocycles. The zero-order valence-corrected chi connectivity index (χ0v) is 15.2. The fourth-order valence-corrected chi connectivity index (χ4v) is 3.03. The number of carbonyl (C=O) groups excluding carboxylic acids is 2. The number of aliphatic carboxylic acids is 1. The quantitative estimate of drug-likeness (QED) is 0.895. The average molecular weight is 344 g/mol. The van der Waals surface area contributed by atoms with E-state index in [1.165, 1.54) is 22.0 Å². The summed E-state index contributed by atoms with van der Waals surface area (Å²) >= 11 is 0. The van der Waals surface area contributed by atoms with Crippen LogP contribution < -0.4 is 5.11 Å². The Morgan fingerprint density at radius 2 is 2.04 bits per heavy atom. The van der Waals surface area contributed by atoms with Gasteiger partial charge in [0.15, 0.2) is 0 Å². The summed E-state index contributed by atoms with van der Waals surface area (Å²) in [5, 5.41) is 10.2. The second kappa shape index (κ2) is 8.67. The second-order valence-electron chi connectivity index (χ2n) is 6.35. The maximum atomic E-state index is 12.1. The molecule has 0 unspecified atom stereocenters. The van der Waals surface area contributed by atoms with Gasteiger partial charge in [0, 0.05) is 42.7 Å². The molecule has 1 aromatic heterocycles. The molecule has 0 atom stereocenters. The predicted molar refractivity (Wildman–Crippen MR) is 96.1 cm³/mol. The Kier molecular flexibility index (Phi) is 6.58. The zero-order valence-electron chi connectivity index (χ0n) is 15.2. The molecule has 25 heavy (non-hydrogen) atoms. The van der Waals surface area contributed by atoms with Crippen molar-refractivity contribution in [1.82, 2.24) is 14.8 Å². The minimum absolute atomic E-state index is 0.263. The van der Waals surface area contributed by atoms with Crippen molar-refractivity contribution >= 4 is 22.8 Å². The minimum atomic E-state index is -1.08. The van der Waals surface area contributed by atoms with Gasteiger partial charge in [-0.25, -0.2) is 0 Å². The molecule has 2 aromatic rings. The maximum absolute atomic E-state index is 12.1. The number of carboxylic acids is 1. The van der Waals surface area contributed by atoms with Gasteiger partial charge >= 0.3 is 0 Å². The van der Waals surface area contributed by atoms with E-state index in [9.17, 15) is 4.79 Å². The Hall–Kier alpha value is -2.34. The van der Waals surface area contributed by atoms with Crippen molar-refractivity contribution in [3.05, 3.63) is 35.5 Å². The van der Waals surface area contributed by atoms with Gasteiger partial charge in [-0.1, -0.05) is 19.1 Å². The number of benzene rings is 1. The summed E-state index contributed by atoms with van der Waals surface area (Å²) in [5.74, 6) is -0.821. The summed E-state index contributed by atoms with van der Waals surface area (Å²) in [7, 11) is 0. The van der Waals surface area contributed by atoms with Gasteiger partial charge in [-0.2, -0.15) is 0 Å². The number of carboxylic acid groups (broad SMARTS) is 1. The molecule has 1 aromatic carbocycles. The molecule has 136 valence electrons. The van der Waals surface area contributed by atoms with Crippen LogP contribution in [0.15, 0.2) is 24.4 Å². The molecule has 0 radical (unpaired) electrons. The lowest BCUT2D eigenvalue weighted by Gasteiger charge is -2.33. The number of hydrogen-bond acceptors (Lipinski definition) is 4. The first kappa shape index (κ1) is 19.0. The molecular formula is C19H26N3O3-. The Morgan fingerprint density at radius 3 is 2.68 bits per heavy atom. The number of aromatic amines is 1. The smallest absolute Gasteiger partial charge is 0.236 e. The number of likely N-dealkylation sites (N-methyl/N-ethyl adjacent to an activating group) is 1. The van der Waals surface area contributed by atoms with Crippen molar-refractivity contribution in [2.45, 2.75) is 27.2 Å². The number of rotatable bonds is 4. The highest BCUT2D eigenvalue weighted by molar-refractivity contribution is 5.84. The van der Waals surface area contributed by atoms with Crippen molar-refractivity contribution < 1.29 is 14.7 Å². The summed E-state index contributed by atoms with van der Waals surface area (Å²) in [6.45, 7) is 9.38. The highest BCUT2D eigenvalue weighted by Gasteiger charge is 2.22. The second-order valence-corrected chi connectivity index (χ2v) is 6.35. The van der Waals surface area contributed by atoms with Crippen LogP contribution in [0.1, 0.15) is 25.0 Å². The van der Waals surface area contributed by atoms with Crippen LogP contribution in [0.5, 0.6) is 0 Å². The first-order chi connectivity index (χ1) is 11.9. The number of piperazine rings is 1. The number of aromatic nitrogens is 1. The molecule has 0 spiro atoms. The maximum Gasteiger partial charge on any atom is 0.236 e. The van der Waals surface area contributed by atoms with Crippen LogP contribution in [0.3, 0.4) is 0 Å². The molecule has 2 heterocycles. The van der Waals surface area contributed by atoms with Gasteiger partial charge in [0.05, 0.1) is 6.54 Å². The van der Waals surface area contributed by atoms with E-state index in [-0.39, 0.29) is 5.91 Å². The summed E-state index contributed by atoms with van der Waals surface area (Å²) in [6, 6.07) is 6.49. The zero-order chi connectivity index (χ0) is 18.4. The van der Waals surface area contributed by atoms with Crippen LogP contribution in [0.2, 0.25) is 0 Å². The predicted octanol–water partition coefficient (Wildman–Crippen LogP) is 0.939. The SMILES string of the molecule is CC(=O)[O-].CCN1CCN(CCc2c[nH]c3cc(C)ccc23)C(=O)C1. The fraction of sp³-hybridized carbons (Fsp3) is 0.474. The average Bonchev–Trinajstić information content (AvgIpc) is 2.95. The summed E-state index contributed by atoms with van der Waals surface area (Å²) < 4.78 is 0. The molecule has 0 saturated carbocycles. The van der Waals surface area contributed by atoms with Crippen LogP contribution in [0.25, 0.3) is 10.9 Å². The summed E-state index contributed by atoms with van der Waals surface area (Å²) in [6.07, 6.45) is 3.00. The highest BCUT2D eigenvalue weighted by atomic mass is 16.4. The first-order valence-corrected chi connectivity index (χ1v) is 8.65. The third-order valence-corrected chi connectivity index (χ3v) is 4.42.